The number of carbonyl (C=O) groups is 1. The van der Waals surface area contributed by atoms with Crippen LogP contribution in [0.4, 0.5) is 5.69 Å². The number of carbonyl (C=O) groups excluding carboxylic acids is 1. The Labute approximate surface area is 110 Å². The molecule has 2 nitrogen and oxygen atoms in total. The van der Waals surface area contributed by atoms with Gasteiger partial charge >= 0.3 is 0 Å². The van der Waals surface area contributed by atoms with Crippen LogP contribution in [0.15, 0.2) is 34.8 Å². The molecule has 0 bridgehead atoms. The number of nitrogen functional groups attached to an aromatic ring is 1. The maximum Gasteiger partial charge on any atom is 0.205 e. The first kappa shape index (κ1) is 11.6. The minimum absolute atomic E-state index is 0.101. The van der Waals surface area contributed by atoms with Crippen molar-refractivity contribution in [3.8, 4) is 0 Å². The van der Waals surface area contributed by atoms with E-state index in [1.807, 2.05) is 0 Å². The maximum absolute atomic E-state index is 12.1. The number of para-hydroxylation sites is 1. The summed E-state index contributed by atoms with van der Waals surface area (Å²) in [5.41, 5.74) is 6.73. The van der Waals surface area contributed by atoms with Crippen molar-refractivity contribution in [1.82, 2.24) is 0 Å². The van der Waals surface area contributed by atoms with Gasteiger partial charge in [-0.25, -0.2) is 0 Å². The fourth-order valence-corrected chi connectivity index (χ4v) is 2.95. The molecule has 1 aromatic carbocycles. The molecular formula is C11H7BrClNOS. The van der Waals surface area contributed by atoms with Crippen molar-refractivity contribution in [1.29, 1.82) is 0 Å². The number of hydrogen-bond acceptors (Lipinski definition) is 3. The van der Waals surface area contributed by atoms with E-state index >= 15 is 0 Å². The molecule has 2 rings (SSSR count). The second-order valence-electron chi connectivity index (χ2n) is 3.15. The van der Waals surface area contributed by atoms with Crippen molar-refractivity contribution in [2.24, 2.45) is 0 Å². The van der Waals surface area contributed by atoms with Crippen molar-refractivity contribution in [2.45, 2.75) is 0 Å². The van der Waals surface area contributed by atoms with Gasteiger partial charge in [0.15, 0.2) is 0 Å². The van der Waals surface area contributed by atoms with E-state index in [9.17, 15) is 4.79 Å². The second-order valence-corrected chi connectivity index (χ2v) is 5.66. The quantitative estimate of drug-likeness (QED) is 0.673. The Morgan fingerprint density at radius 1 is 1.38 bits per heavy atom. The lowest BCUT2D eigenvalue weighted by Crippen LogP contribution is -2.02. The van der Waals surface area contributed by atoms with Gasteiger partial charge in [0.25, 0.3) is 0 Å². The van der Waals surface area contributed by atoms with Crippen molar-refractivity contribution in [3.05, 3.63) is 49.6 Å². The van der Waals surface area contributed by atoms with Crippen molar-refractivity contribution in [3.63, 3.8) is 0 Å². The van der Waals surface area contributed by atoms with Crippen LogP contribution < -0.4 is 5.73 Å². The number of benzene rings is 1. The number of halogens is 2. The highest BCUT2D eigenvalue weighted by atomic mass is 79.9. The molecule has 0 saturated heterocycles. The molecule has 16 heavy (non-hydrogen) atoms. The van der Waals surface area contributed by atoms with Gasteiger partial charge in [0.05, 0.1) is 4.88 Å². The molecule has 0 aliphatic rings. The standard InChI is InChI=1S/C11H7BrClNOS/c12-7-5-9(16-11(7)13)10(15)6-3-1-2-4-8(6)14/h1-5H,14H2. The van der Waals surface area contributed by atoms with E-state index < -0.39 is 0 Å². The van der Waals surface area contributed by atoms with Crippen LogP contribution in [0.1, 0.15) is 15.2 Å². The maximum atomic E-state index is 12.1. The number of hydrogen-bond donors (Lipinski definition) is 1. The molecule has 0 unspecified atom stereocenters. The minimum Gasteiger partial charge on any atom is -0.398 e. The average Bonchev–Trinajstić information content (AvgIpc) is 2.59. The zero-order chi connectivity index (χ0) is 11.7. The van der Waals surface area contributed by atoms with E-state index in [1.165, 1.54) is 11.3 Å². The van der Waals surface area contributed by atoms with Crippen LogP contribution in [0.2, 0.25) is 4.34 Å². The molecule has 0 saturated carbocycles. The molecule has 0 amide bonds. The van der Waals surface area contributed by atoms with Gasteiger partial charge in [-0.3, -0.25) is 4.79 Å². The highest BCUT2D eigenvalue weighted by molar-refractivity contribution is 9.10. The van der Waals surface area contributed by atoms with Gasteiger partial charge in [-0.2, -0.15) is 0 Å². The summed E-state index contributed by atoms with van der Waals surface area (Å²) in [6.45, 7) is 0. The lowest BCUT2D eigenvalue weighted by atomic mass is 10.1. The Bertz CT molecular complexity index is 533. The first-order valence-electron chi connectivity index (χ1n) is 4.43. The van der Waals surface area contributed by atoms with Crippen molar-refractivity contribution in [2.75, 3.05) is 5.73 Å². The molecule has 0 aliphatic heterocycles. The summed E-state index contributed by atoms with van der Waals surface area (Å²) in [4.78, 5) is 12.7. The predicted octanol–water partition coefficient (Wildman–Crippen LogP) is 3.98. The smallest absolute Gasteiger partial charge is 0.205 e. The molecule has 2 N–H and O–H groups in total. The Morgan fingerprint density at radius 3 is 2.62 bits per heavy atom. The number of ketones is 1. The van der Waals surface area contributed by atoms with Crippen LogP contribution in [0.25, 0.3) is 0 Å². The minimum atomic E-state index is -0.101. The summed E-state index contributed by atoms with van der Waals surface area (Å²) in [5.74, 6) is -0.101. The topological polar surface area (TPSA) is 43.1 Å². The first-order chi connectivity index (χ1) is 7.59. The van der Waals surface area contributed by atoms with E-state index in [0.29, 0.717) is 20.5 Å². The highest BCUT2D eigenvalue weighted by Gasteiger charge is 2.15. The molecule has 5 heteroatoms. The summed E-state index contributed by atoms with van der Waals surface area (Å²) in [6.07, 6.45) is 0. The Kier molecular flexibility index (Phi) is 3.33. The molecule has 0 spiro atoms. The van der Waals surface area contributed by atoms with E-state index in [0.717, 1.165) is 4.47 Å². The zero-order valence-electron chi connectivity index (χ0n) is 8.04. The number of rotatable bonds is 2. The highest BCUT2D eigenvalue weighted by Crippen LogP contribution is 2.33. The molecule has 1 heterocycles. The molecule has 2 aromatic rings. The van der Waals surface area contributed by atoms with Crippen molar-refractivity contribution < 1.29 is 4.79 Å². The fraction of sp³-hybridized carbons (Fsp3) is 0. The van der Waals surface area contributed by atoms with Crippen LogP contribution >= 0.6 is 38.9 Å². The van der Waals surface area contributed by atoms with Gasteiger partial charge in [0.1, 0.15) is 4.34 Å². The summed E-state index contributed by atoms with van der Waals surface area (Å²) in [6, 6.07) is 8.70. The lowest BCUT2D eigenvalue weighted by molar-refractivity contribution is 0.104. The Hall–Kier alpha value is -0.840. The molecule has 0 aliphatic carbocycles. The fourth-order valence-electron chi connectivity index (χ4n) is 1.30. The van der Waals surface area contributed by atoms with Crippen LogP contribution in [0, 0.1) is 0 Å². The Balaban J connectivity index is 2.43. The van der Waals surface area contributed by atoms with E-state index in [2.05, 4.69) is 15.9 Å². The largest absolute Gasteiger partial charge is 0.398 e. The third-order valence-corrected chi connectivity index (χ3v) is 4.55. The van der Waals surface area contributed by atoms with Gasteiger partial charge in [0, 0.05) is 15.7 Å². The molecular weight excluding hydrogens is 310 g/mol. The van der Waals surface area contributed by atoms with Crippen LogP contribution in [0.3, 0.4) is 0 Å². The molecule has 82 valence electrons. The molecule has 0 fully saturated rings. The van der Waals surface area contributed by atoms with Gasteiger partial charge in [-0.1, -0.05) is 23.7 Å². The van der Waals surface area contributed by atoms with Crippen LogP contribution in [-0.4, -0.2) is 5.78 Å². The molecule has 0 radical (unpaired) electrons. The summed E-state index contributed by atoms with van der Waals surface area (Å²) in [5, 5.41) is 0. The first-order valence-corrected chi connectivity index (χ1v) is 6.42. The van der Waals surface area contributed by atoms with Gasteiger partial charge < -0.3 is 5.73 Å². The average molecular weight is 317 g/mol. The number of nitrogens with two attached hydrogens (primary N) is 1. The number of thiophene rings is 1. The SMILES string of the molecule is Nc1ccccc1C(=O)c1cc(Br)c(Cl)s1. The van der Waals surface area contributed by atoms with E-state index in [1.54, 1.807) is 30.3 Å². The second kappa shape index (κ2) is 4.57. The van der Waals surface area contributed by atoms with E-state index in [4.69, 9.17) is 17.3 Å². The summed E-state index contributed by atoms with van der Waals surface area (Å²) >= 11 is 10.4. The third kappa shape index (κ3) is 2.14. The third-order valence-electron chi connectivity index (χ3n) is 2.07. The number of anilines is 1. The normalized spacial score (nSPS) is 10.4. The van der Waals surface area contributed by atoms with Crippen LogP contribution in [0.5, 0.6) is 0 Å². The lowest BCUT2D eigenvalue weighted by Gasteiger charge is -2.01. The van der Waals surface area contributed by atoms with Gasteiger partial charge in [-0.15, -0.1) is 11.3 Å². The van der Waals surface area contributed by atoms with Crippen LogP contribution in [-0.2, 0) is 0 Å². The summed E-state index contributed by atoms with van der Waals surface area (Å²) < 4.78 is 1.30. The van der Waals surface area contributed by atoms with Crippen molar-refractivity contribution >= 4 is 50.3 Å². The summed E-state index contributed by atoms with van der Waals surface area (Å²) in [7, 11) is 0. The van der Waals surface area contributed by atoms with Gasteiger partial charge in [0.2, 0.25) is 5.78 Å². The van der Waals surface area contributed by atoms with E-state index in [-0.39, 0.29) is 5.78 Å². The Morgan fingerprint density at radius 2 is 2.06 bits per heavy atom. The molecule has 0 atom stereocenters. The zero-order valence-corrected chi connectivity index (χ0v) is 11.2. The monoisotopic (exact) mass is 315 g/mol. The molecule has 1 aromatic heterocycles. The predicted molar refractivity (Wildman–Crippen MR) is 71.3 cm³/mol. The van der Waals surface area contributed by atoms with Gasteiger partial charge in [-0.05, 0) is 34.1 Å².